The summed E-state index contributed by atoms with van der Waals surface area (Å²) >= 11 is 6.90. The summed E-state index contributed by atoms with van der Waals surface area (Å²) in [5.41, 5.74) is 1.04. The van der Waals surface area contributed by atoms with Crippen LogP contribution >= 0.6 is 31.9 Å². The minimum Gasteiger partial charge on any atom is -0.380 e. The number of nitrogens with zero attached hydrogens (tertiary/aromatic N) is 1. The van der Waals surface area contributed by atoms with Crippen molar-refractivity contribution >= 4 is 31.9 Å². The minimum atomic E-state index is 0.464. The Morgan fingerprint density at radius 2 is 2.38 bits per heavy atom. The van der Waals surface area contributed by atoms with Gasteiger partial charge in [0.1, 0.15) is 0 Å². The second-order valence-corrected chi connectivity index (χ2v) is 5.65. The first kappa shape index (κ1) is 12.5. The summed E-state index contributed by atoms with van der Waals surface area (Å²) in [6, 6.07) is 2.48. The van der Waals surface area contributed by atoms with E-state index in [1.165, 1.54) is 6.42 Å². The molecular formula is C11H14Br2N2O. The largest absolute Gasteiger partial charge is 0.380 e. The molecule has 16 heavy (non-hydrogen) atoms. The van der Waals surface area contributed by atoms with Crippen LogP contribution in [0, 0.1) is 0 Å². The normalized spacial score (nSPS) is 21.0. The van der Waals surface area contributed by atoms with Crippen LogP contribution in [-0.4, -0.2) is 24.2 Å². The Labute approximate surface area is 112 Å². The number of ether oxygens (including phenoxy) is 1. The van der Waals surface area contributed by atoms with E-state index in [1.807, 2.05) is 12.3 Å². The third-order valence-electron chi connectivity index (χ3n) is 2.60. The molecule has 0 spiro atoms. The smallest absolute Gasteiger partial charge is 0.0684 e. The van der Waals surface area contributed by atoms with E-state index >= 15 is 0 Å². The van der Waals surface area contributed by atoms with Gasteiger partial charge in [-0.25, -0.2) is 0 Å². The van der Waals surface area contributed by atoms with Gasteiger partial charge in [0.15, 0.2) is 0 Å². The number of halogens is 2. The molecule has 1 unspecified atom stereocenters. The van der Waals surface area contributed by atoms with E-state index in [0.29, 0.717) is 6.04 Å². The molecule has 1 aromatic rings. The van der Waals surface area contributed by atoms with Crippen LogP contribution in [0.2, 0.25) is 0 Å². The van der Waals surface area contributed by atoms with Gasteiger partial charge >= 0.3 is 0 Å². The van der Waals surface area contributed by atoms with Crippen molar-refractivity contribution in [2.24, 2.45) is 0 Å². The molecule has 0 bridgehead atoms. The van der Waals surface area contributed by atoms with E-state index in [-0.39, 0.29) is 0 Å². The topological polar surface area (TPSA) is 34.2 Å². The zero-order chi connectivity index (χ0) is 11.4. The molecule has 1 fully saturated rings. The predicted octanol–water partition coefficient (Wildman–Crippen LogP) is 2.88. The van der Waals surface area contributed by atoms with Crippen LogP contribution in [0.25, 0.3) is 0 Å². The lowest BCUT2D eigenvalue weighted by atomic mass is 10.1. The van der Waals surface area contributed by atoms with Crippen molar-refractivity contribution in [3.63, 3.8) is 0 Å². The maximum atomic E-state index is 5.42. The zero-order valence-electron chi connectivity index (χ0n) is 8.88. The first-order valence-corrected chi connectivity index (χ1v) is 6.95. The summed E-state index contributed by atoms with van der Waals surface area (Å²) in [4.78, 5) is 4.37. The number of hydrogen-bond donors (Lipinski definition) is 1. The highest BCUT2D eigenvalue weighted by molar-refractivity contribution is 9.11. The van der Waals surface area contributed by atoms with Crippen molar-refractivity contribution in [1.29, 1.82) is 0 Å². The van der Waals surface area contributed by atoms with Crippen molar-refractivity contribution in [1.82, 2.24) is 10.3 Å². The first-order valence-electron chi connectivity index (χ1n) is 5.37. The van der Waals surface area contributed by atoms with Gasteiger partial charge < -0.3 is 10.1 Å². The lowest BCUT2D eigenvalue weighted by molar-refractivity contribution is 0.0698. The Balaban J connectivity index is 1.88. The van der Waals surface area contributed by atoms with Crippen molar-refractivity contribution in [3.05, 3.63) is 26.9 Å². The molecule has 5 heteroatoms. The minimum absolute atomic E-state index is 0.464. The first-order chi connectivity index (χ1) is 7.75. The number of aromatic nitrogens is 1. The molecule has 2 heterocycles. The van der Waals surface area contributed by atoms with Crippen LogP contribution in [0.1, 0.15) is 18.5 Å². The molecule has 1 aromatic heterocycles. The van der Waals surface area contributed by atoms with Crippen LogP contribution in [0.3, 0.4) is 0 Å². The average Bonchev–Trinajstić information content (AvgIpc) is 2.29. The summed E-state index contributed by atoms with van der Waals surface area (Å²) in [5.74, 6) is 0. The maximum absolute atomic E-state index is 5.42. The van der Waals surface area contributed by atoms with Gasteiger partial charge in [-0.2, -0.15) is 0 Å². The van der Waals surface area contributed by atoms with Gasteiger partial charge in [0.2, 0.25) is 0 Å². The lowest BCUT2D eigenvalue weighted by Crippen LogP contribution is -2.36. The molecule has 0 aliphatic carbocycles. The van der Waals surface area contributed by atoms with Crippen LogP contribution in [0.5, 0.6) is 0 Å². The van der Waals surface area contributed by atoms with E-state index in [2.05, 4.69) is 42.2 Å². The van der Waals surface area contributed by atoms with Gasteiger partial charge in [-0.15, -0.1) is 0 Å². The molecule has 0 aromatic carbocycles. The van der Waals surface area contributed by atoms with Crippen LogP contribution in [-0.2, 0) is 11.3 Å². The van der Waals surface area contributed by atoms with Gasteiger partial charge in [0.05, 0.1) is 12.3 Å². The zero-order valence-corrected chi connectivity index (χ0v) is 12.1. The quantitative estimate of drug-likeness (QED) is 0.911. The molecule has 1 N–H and O–H groups in total. The second-order valence-electron chi connectivity index (χ2n) is 3.88. The van der Waals surface area contributed by atoms with Gasteiger partial charge in [-0.1, -0.05) is 0 Å². The average molecular weight is 350 g/mol. The highest BCUT2D eigenvalue weighted by atomic mass is 79.9. The fourth-order valence-corrected chi connectivity index (χ4v) is 2.84. The van der Waals surface area contributed by atoms with Crippen LogP contribution < -0.4 is 5.32 Å². The molecule has 1 aliphatic heterocycles. The van der Waals surface area contributed by atoms with E-state index in [0.717, 1.165) is 40.8 Å². The van der Waals surface area contributed by atoms with E-state index < -0.39 is 0 Å². The van der Waals surface area contributed by atoms with Crippen molar-refractivity contribution < 1.29 is 4.74 Å². The third kappa shape index (κ3) is 3.52. The van der Waals surface area contributed by atoms with E-state index in [1.54, 1.807) is 0 Å². The van der Waals surface area contributed by atoms with Crippen LogP contribution in [0.15, 0.2) is 21.2 Å². The Hall–Kier alpha value is 0.0300. The van der Waals surface area contributed by atoms with Gasteiger partial charge in [-0.05, 0) is 50.8 Å². The third-order valence-corrected chi connectivity index (χ3v) is 3.72. The van der Waals surface area contributed by atoms with Crippen molar-refractivity contribution in [2.75, 3.05) is 13.2 Å². The fourth-order valence-electron chi connectivity index (χ4n) is 1.72. The monoisotopic (exact) mass is 348 g/mol. The van der Waals surface area contributed by atoms with Gasteiger partial charge in [0, 0.05) is 34.3 Å². The summed E-state index contributed by atoms with van der Waals surface area (Å²) in [7, 11) is 0. The van der Waals surface area contributed by atoms with E-state index in [9.17, 15) is 0 Å². The highest BCUT2D eigenvalue weighted by Gasteiger charge is 2.13. The van der Waals surface area contributed by atoms with Crippen molar-refractivity contribution in [3.8, 4) is 0 Å². The molecule has 0 amide bonds. The molecular weight excluding hydrogens is 336 g/mol. The molecule has 1 aliphatic rings. The number of rotatable bonds is 3. The Morgan fingerprint density at radius 3 is 3.06 bits per heavy atom. The molecule has 3 nitrogen and oxygen atoms in total. The lowest BCUT2D eigenvalue weighted by Gasteiger charge is -2.23. The fraction of sp³-hybridized carbons (Fsp3) is 0.545. The Bertz CT molecular complexity index is 354. The SMILES string of the molecule is Brc1cnc(CNC2CCCOC2)c(Br)c1. The Kier molecular flexibility index (Phi) is 4.76. The summed E-state index contributed by atoms with van der Waals surface area (Å²) in [5, 5.41) is 3.47. The summed E-state index contributed by atoms with van der Waals surface area (Å²) in [6.07, 6.45) is 4.15. The highest BCUT2D eigenvalue weighted by Crippen LogP contribution is 2.19. The van der Waals surface area contributed by atoms with Gasteiger partial charge in [0.25, 0.3) is 0 Å². The Morgan fingerprint density at radius 1 is 1.50 bits per heavy atom. The van der Waals surface area contributed by atoms with Gasteiger partial charge in [-0.3, -0.25) is 4.98 Å². The maximum Gasteiger partial charge on any atom is 0.0684 e. The molecule has 0 saturated carbocycles. The van der Waals surface area contributed by atoms with Crippen LogP contribution in [0.4, 0.5) is 0 Å². The molecule has 1 saturated heterocycles. The number of pyridine rings is 1. The predicted molar refractivity (Wildman–Crippen MR) is 70.3 cm³/mol. The molecule has 2 rings (SSSR count). The number of nitrogens with one attached hydrogen (secondary N) is 1. The summed E-state index contributed by atoms with van der Waals surface area (Å²) < 4.78 is 7.44. The van der Waals surface area contributed by atoms with E-state index in [4.69, 9.17) is 4.74 Å². The molecule has 0 radical (unpaired) electrons. The number of hydrogen-bond acceptors (Lipinski definition) is 3. The standard InChI is InChI=1S/C11H14Br2N2O/c12-8-4-10(13)11(15-5-8)6-14-9-2-1-3-16-7-9/h4-5,9,14H,1-3,6-7H2. The second kappa shape index (κ2) is 6.10. The van der Waals surface area contributed by atoms with Crippen molar-refractivity contribution in [2.45, 2.75) is 25.4 Å². The molecule has 88 valence electrons. The summed E-state index contributed by atoms with van der Waals surface area (Å²) in [6.45, 7) is 2.49. The molecule has 1 atom stereocenters.